The van der Waals surface area contributed by atoms with Gasteiger partial charge in [-0.05, 0) is 51.1 Å². The minimum absolute atomic E-state index is 0.238. The van der Waals surface area contributed by atoms with Crippen LogP contribution in [0.5, 0.6) is 0 Å². The highest BCUT2D eigenvalue weighted by Gasteiger charge is 2.25. The van der Waals surface area contributed by atoms with Crippen molar-refractivity contribution in [3.8, 4) is 0 Å². The smallest absolute Gasteiger partial charge is 0.243 e. The van der Waals surface area contributed by atoms with Gasteiger partial charge in [-0.1, -0.05) is 48.3 Å². The molecule has 2 aromatic carbocycles. The fourth-order valence-electron chi connectivity index (χ4n) is 3.83. The van der Waals surface area contributed by atoms with Crippen LogP contribution >= 0.6 is 23.2 Å². The molecule has 0 amide bonds. The van der Waals surface area contributed by atoms with Gasteiger partial charge in [0.05, 0.1) is 17.0 Å². The van der Waals surface area contributed by atoms with Gasteiger partial charge in [0.2, 0.25) is 10.0 Å². The zero-order valence-corrected chi connectivity index (χ0v) is 21.8. The summed E-state index contributed by atoms with van der Waals surface area (Å²) in [7, 11) is -3.68. The Morgan fingerprint density at radius 1 is 1.06 bits per heavy atom. The van der Waals surface area contributed by atoms with Gasteiger partial charge in [0, 0.05) is 47.2 Å². The lowest BCUT2D eigenvalue weighted by atomic mass is 10.2. The van der Waals surface area contributed by atoms with E-state index in [1.807, 2.05) is 38.4 Å². The molecule has 9 heteroatoms. The normalized spacial score (nSPS) is 12.0. The summed E-state index contributed by atoms with van der Waals surface area (Å²) >= 11 is 12.8. The molecule has 1 aromatic heterocycles. The molecule has 1 heterocycles. The van der Waals surface area contributed by atoms with Crippen LogP contribution in [0.25, 0.3) is 10.9 Å². The largest absolute Gasteiger partial charge is 0.355 e. The van der Waals surface area contributed by atoms with Crippen LogP contribution in [0.4, 0.5) is 5.82 Å². The van der Waals surface area contributed by atoms with E-state index < -0.39 is 10.0 Å². The van der Waals surface area contributed by atoms with Gasteiger partial charge >= 0.3 is 0 Å². The molecule has 0 unspecified atom stereocenters. The van der Waals surface area contributed by atoms with Crippen LogP contribution in [0.15, 0.2) is 53.4 Å². The Bertz CT molecular complexity index is 1250. The molecule has 0 aliphatic rings. The number of sulfonamides is 1. The summed E-state index contributed by atoms with van der Waals surface area (Å²) < 4.78 is 30.0. The molecule has 33 heavy (non-hydrogen) atoms. The maximum Gasteiger partial charge on any atom is 0.243 e. The number of fused-ring (bicyclic) bond motifs is 1. The monoisotopic (exact) mass is 508 g/mol. The van der Waals surface area contributed by atoms with Crippen molar-refractivity contribution in [2.24, 2.45) is 0 Å². The fraction of sp³-hybridized carbons (Fsp3) is 0.375. The second-order valence-electron chi connectivity index (χ2n) is 7.92. The van der Waals surface area contributed by atoms with Gasteiger partial charge in [-0.2, -0.15) is 9.40 Å². The molecule has 178 valence electrons. The van der Waals surface area contributed by atoms with Crippen LogP contribution in [0.2, 0.25) is 10.0 Å². The van der Waals surface area contributed by atoms with E-state index in [0.29, 0.717) is 23.1 Å². The molecule has 0 aliphatic carbocycles. The van der Waals surface area contributed by atoms with Gasteiger partial charge in [-0.3, -0.25) is 4.68 Å². The van der Waals surface area contributed by atoms with Crippen LogP contribution in [-0.2, 0) is 16.6 Å². The third-order valence-corrected chi connectivity index (χ3v) is 8.20. The minimum atomic E-state index is -3.68. The number of benzene rings is 2. The summed E-state index contributed by atoms with van der Waals surface area (Å²) in [4.78, 5) is 2.34. The average molecular weight is 510 g/mol. The number of hydrogen-bond donors (Lipinski definition) is 0. The predicted molar refractivity (Wildman–Crippen MR) is 138 cm³/mol. The van der Waals surface area contributed by atoms with Crippen molar-refractivity contribution in [3.05, 3.63) is 64.2 Å². The first-order valence-corrected chi connectivity index (χ1v) is 13.2. The fourth-order valence-corrected chi connectivity index (χ4v) is 5.88. The zero-order chi connectivity index (χ0) is 24.3. The van der Waals surface area contributed by atoms with Crippen molar-refractivity contribution in [2.75, 3.05) is 31.1 Å². The molecule has 0 fully saturated rings. The van der Waals surface area contributed by atoms with Gasteiger partial charge in [0.1, 0.15) is 0 Å². The summed E-state index contributed by atoms with van der Waals surface area (Å²) in [6, 6.07) is 10.6. The summed E-state index contributed by atoms with van der Waals surface area (Å²) in [6.45, 7) is 14.1. The van der Waals surface area contributed by atoms with Gasteiger partial charge < -0.3 is 4.90 Å². The second kappa shape index (κ2) is 10.5. The highest BCUT2D eigenvalue weighted by molar-refractivity contribution is 7.89. The molecule has 0 spiro atoms. The van der Waals surface area contributed by atoms with E-state index in [0.717, 1.165) is 40.9 Å². The predicted octanol–water partition coefficient (Wildman–Crippen LogP) is 5.82. The van der Waals surface area contributed by atoms with Crippen LogP contribution in [0, 0.1) is 0 Å². The van der Waals surface area contributed by atoms with E-state index in [4.69, 9.17) is 28.3 Å². The average Bonchev–Trinajstić information content (AvgIpc) is 3.13. The Hall–Kier alpha value is -2.06. The van der Waals surface area contributed by atoms with Crippen molar-refractivity contribution < 1.29 is 8.42 Å². The number of anilines is 1. The van der Waals surface area contributed by atoms with Gasteiger partial charge in [-0.25, -0.2) is 8.42 Å². The maximum atomic E-state index is 13.4. The number of nitrogens with zero attached hydrogens (tertiary/aromatic N) is 4. The van der Waals surface area contributed by atoms with Gasteiger partial charge in [-0.15, -0.1) is 0 Å². The molecule has 3 rings (SSSR count). The Balaban J connectivity index is 2.18. The van der Waals surface area contributed by atoms with Crippen molar-refractivity contribution in [2.45, 2.75) is 39.1 Å². The lowest BCUT2D eigenvalue weighted by Gasteiger charge is -2.21. The Labute approximate surface area is 206 Å². The SMILES string of the molecule is C=C(C)CN(CC)S(=O)(=O)c1ccc2c(c1)c(N(CC)CC)nn2Cc1c(Cl)cccc1Cl. The van der Waals surface area contributed by atoms with E-state index in [9.17, 15) is 8.42 Å². The molecule has 0 saturated carbocycles. The number of aromatic nitrogens is 2. The molecule has 0 atom stereocenters. The summed E-state index contributed by atoms with van der Waals surface area (Å²) in [5.41, 5.74) is 2.37. The lowest BCUT2D eigenvalue weighted by molar-refractivity contribution is 0.453. The van der Waals surface area contributed by atoms with Gasteiger partial charge in [0.25, 0.3) is 0 Å². The Morgan fingerprint density at radius 2 is 1.70 bits per heavy atom. The summed E-state index contributed by atoms with van der Waals surface area (Å²) in [5, 5.41) is 6.75. The molecular weight excluding hydrogens is 479 g/mol. The second-order valence-corrected chi connectivity index (χ2v) is 10.7. The lowest BCUT2D eigenvalue weighted by Crippen LogP contribution is -2.32. The quantitative estimate of drug-likeness (QED) is 0.323. The van der Waals surface area contributed by atoms with E-state index in [-0.39, 0.29) is 11.4 Å². The molecule has 0 bridgehead atoms. The highest BCUT2D eigenvalue weighted by atomic mass is 35.5. The molecule has 0 N–H and O–H groups in total. The Kier molecular flexibility index (Phi) is 8.11. The number of halogens is 2. The third kappa shape index (κ3) is 5.22. The molecule has 0 saturated heterocycles. The van der Waals surface area contributed by atoms with E-state index in [2.05, 4.69) is 11.5 Å². The van der Waals surface area contributed by atoms with Crippen molar-refractivity contribution in [1.29, 1.82) is 0 Å². The summed E-state index contributed by atoms with van der Waals surface area (Å²) in [6.07, 6.45) is 0. The first-order valence-electron chi connectivity index (χ1n) is 11.0. The third-order valence-electron chi connectivity index (χ3n) is 5.57. The van der Waals surface area contributed by atoms with E-state index in [1.165, 1.54) is 4.31 Å². The van der Waals surface area contributed by atoms with E-state index in [1.54, 1.807) is 30.3 Å². The summed E-state index contributed by atoms with van der Waals surface area (Å²) in [5.74, 6) is 0.734. The van der Waals surface area contributed by atoms with Crippen LogP contribution < -0.4 is 4.90 Å². The maximum absolute atomic E-state index is 13.4. The van der Waals surface area contributed by atoms with Crippen molar-refractivity contribution >= 4 is 49.9 Å². The minimum Gasteiger partial charge on any atom is -0.355 e. The first kappa shape index (κ1) is 25.6. The van der Waals surface area contributed by atoms with Crippen molar-refractivity contribution in [3.63, 3.8) is 0 Å². The van der Waals surface area contributed by atoms with Crippen LogP contribution in [0.1, 0.15) is 33.3 Å². The molecule has 0 aliphatic heterocycles. The Morgan fingerprint density at radius 3 is 2.24 bits per heavy atom. The van der Waals surface area contributed by atoms with Crippen molar-refractivity contribution in [1.82, 2.24) is 14.1 Å². The van der Waals surface area contributed by atoms with Crippen LogP contribution in [0.3, 0.4) is 0 Å². The number of hydrogen-bond acceptors (Lipinski definition) is 4. The zero-order valence-electron chi connectivity index (χ0n) is 19.5. The first-order chi connectivity index (χ1) is 15.6. The van der Waals surface area contributed by atoms with Gasteiger partial charge in [0.15, 0.2) is 5.82 Å². The highest BCUT2D eigenvalue weighted by Crippen LogP contribution is 2.32. The molecular formula is C24H30Cl2N4O2S. The standard InChI is InChI=1S/C24H30Cl2N4O2S/c1-6-28(7-2)24-19-14-18(33(31,32)29(8-3)15-17(4)5)12-13-23(19)30(27-24)16-20-21(25)10-9-11-22(20)26/h9-14H,4,6-8,15-16H2,1-3,5H3. The number of rotatable bonds is 10. The molecule has 0 radical (unpaired) electrons. The topological polar surface area (TPSA) is 58.4 Å². The number of likely N-dealkylation sites (N-methyl/N-ethyl adjacent to an activating group) is 1. The van der Waals surface area contributed by atoms with Crippen LogP contribution in [-0.4, -0.2) is 48.7 Å². The van der Waals surface area contributed by atoms with E-state index >= 15 is 0 Å². The molecule has 3 aromatic rings. The molecule has 6 nitrogen and oxygen atoms in total.